The highest BCUT2D eigenvalue weighted by molar-refractivity contribution is 7.92. The van der Waals surface area contributed by atoms with E-state index in [0.717, 1.165) is 0 Å². The van der Waals surface area contributed by atoms with Crippen LogP contribution in [0.3, 0.4) is 0 Å². The van der Waals surface area contributed by atoms with E-state index < -0.39 is 10.0 Å². The number of sulfonamides is 1. The van der Waals surface area contributed by atoms with Gasteiger partial charge in [-0.25, -0.2) is 8.42 Å². The van der Waals surface area contributed by atoms with Crippen LogP contribution in [-0.4, -0.2) is 44.5 Å². The van der Waals surface area contributed by atoms with Gasteiger partial charge in [0.15, 0.2) is 0 Å². The number of carbonyl (C=O) groups excluding carboxylic acids is 1. The predicted molar refractivity (Wildman–Crippen MR) is 110 cm³/mol. The Labute approximate surface area is 174 Å². The summed E-state index contributed by atoms with van der Waals surface area (Å²) in [6.07, 6.45) is -0.0533. The van der Waals surface area contributed by atoms with Gasteiger partial charge in [0.2, 0.25) is 0 Å². The normalized spacial score (nSPS) is 20.1. The lowest BCUT2D eigenvalue weighted by Crippen LogP contribution is -2.48. The first-order valence-electron chi connectivity index (χ1n) is 8.68. The summed E-state index contributed by atoms with van der Waals surface area (Å²) in [4.78, 5) is 14.3. The molecule has 1 N–H and O–H groups in total. The monoisotopic (exact) mass is 442 g/mol. The number of hydrogen-bond acceptors (Lipinski definition) is 4. The fraction of sp³-hybridized carbons (Fsp3) is 0.316. The van der Waals surface area contributed by atoms with E-state index in [1.165, 1.54) is 30.3 Å². The van der Waals surface area contributed by atoms with E-state index in [-0.39, 0.29) is 33.1 Å². The van der Waals surface area contributed by atoms with Gasteiger partial charge in [-0.2, -0.15) is 0 Å². The SMILES string of the molecule is CC1CN(C(=O)c2ccc(NS(=O)(=O)c3cc(Cl)ccc3Cl)cc2)CC(C)O1. The van der Waals surface area contributed by atoms with Crippen LogP contribution in [0.4, 0.5) is 5.69 Å². The quantitative estimate of drug-likeness (QED) is 0.774. The molecule has 9 heteroatoms. The van der Waals surface area contributed by atoms with Crippen LogP contribution in [0.1, 0.15) is 24.2 Å². The first-order valence-corrected chi connectivity index (χ1v) is 10.9. The summed E-state index contributed by atoms with van der Waals surface area (Å²) < 4.78 is 33.2. The molecule has 0 spiro atoms. The fourth-order valence-electron chi connectivity index (χ4n) is 3.10. The Hall–Kier alpha value is -1.80. The smallest absolute Gasteiger partial charge is 0.263 e. The molecule has 0 bridgehead atoms. The number of nitrogens with one attached hydrogen (secondary N) is 1. The predicted octanol–water partition coefficient (Wildman–Crippen LogP) is 4.04. The van der Waals surface area contributed by atoms with Gasteiger partial charge >= 0.3 is 0 Å². The number of amides is 1. The van der Waals surface area contributed by atoms with E-state index in [2.05, 4.69) is 4.72 Å². The van der Waals surface area contributed by atoms with Crippen LogP contribution in [0.15, 0.2) is 47.4 Å². The Morgan fingerprint density at radius 1 is 1.07 bits per heavy atom. The Kier molecular flexibility index (Phi) is 6.19. The second kappa shape index (κ2) is 8.29. The second-order valence-electron chi connectivity index (χ2n) is 6.73. The van der Waals surface area contributed by atoms with E-state index in [1.807, 2.05) is 13.8 Å². The number of hydrogen-bond donors (Lipinski definition) is 1. The van der Waals surface area contributed by atoms with Crippen molar-refractivity contribution in [3.8, 4) is 0 Å². The Morgan fingerprint density at radius 2 is 1.68 bits per heavy atom. The molecule has 0 radical (unpaired) electrons. The van der Waals surface area contributed by atoms with Crippen LogP contribution < -0.4 is 4.72 Å². The summed E-state index contributed by atoms with van der Waals surface area (Å²) in [6, 6.07) is 10.5. The molecule has 1 heterocycles. The molecule has 1 amide bonds. The molecule has 1 aliphatic rings. The Balaban J connectivity index is 1.75. The molecule has 2 atom stereocenters. The molecule has 6 nitrogen and oxygen atoms in total. The van der Waals surface area contributed by atoms with Crippen LogP contribution in [0.25, 0.3) is 0 Å². The molecule has 1 fully saturated rings. The number of ether oxygens (including phenoxy) is 1. The molecule has 2 aromatic rings. The van der Waals surface area contributed by atoms with E-state index >= 15 is 0 Å². The highest BCUT2D eigenvalue weighted by Crippen LogP contribution is 2.27. The molecule has 1 saturated heterocycles. The Morgan fingerprint density at radius 3 is 2.29 bits per heavy atom. The number of carbonyl (C=O) groups is 1. The summed E-state index contributed by atoms with van der Waals surface area (Å²) in [7, 11) is -3.91. The van der Waals surface area contributed by atoms with Crippen LogP contribution in [0.5, 0.6) is 0 Å². The van der Waals surface area contributed by atoms with Crippen molar-refractivity contribution in [2.75, 3.05) is 17.8 Å². The molecule has 0 aromatic heterocycles. The largest absolute Gasteiger partial charge is 0.372 e. The first kappa shape index (κ1) is 20.9. The molecule has 28 heavy (non-hydrogen) atoms. The Bertz CT molecular complexity index is 970. The van der Waals surface area contributed by atoms with Crippen molar-refractivity contribution in [2.24, 2.45) is 0 Å². The summed E-state index contributed by atoms with van der Waals surface area (Å²) in [5.74, 6) is -0.116. The standard InChI is InChI=1S/C19H20Cl2N2O4S/c1-12-10-23(11-13(2)27-12)19(24)14-3-6-16(7-4-14)22-28(25,26)18-9-15(20)5-8-17(18)21/h3-9,12-13,22H,10-11H2,1-2H3. The van der Waals surface area contributed by atoms with Crippen molar-refractivity contribution >= 4 is 44.8 Å². The highest BCUT2D eigenvalue weighted by Gasteiger charge is 2.26. The first-order chi connectivity index (χ1) is 13.2. The van der Waals surface area contributed by atoms with Crippen molar-refractivity contribution in [1.82, 2.24) is 4.90 Å². The van der Waals surface area contributed by atoms with E-state index in [9.17, 15) is 13.2 Å². The van der Waals surface area contributed by atoms with E-state index in [4.69, 9.17) is 27.9 Å². The molecule has 2 aromatic carbocycles. The number of morpholine rings is 1. The van der Waals surface area contributed by atoms with Crippen molar-refractivity contribution in [1.29, 1.82) is 0 Å². The number of rotatable bonds is 4. The zero-order valence-electron chi connectivity index (χ0n) is 15.4. The van der Waals surface area contributed by atoms with E-state index in [0.29, 0.717) is 24.3 Å². The zero-order valence-corrected chi connectivity index (χ0v) is 17.7. The maximum absolute atomic E-state index is 12.7. The molecular formula is C19H20Cl2N2O4S. The third kappa shape index (κ3) is 4.78. The summed E-state index contributed by atoms with van der Waals surface area (Å²) in [5, 5.41) is 0.332. The average Bonchev–Trinajstić information content (AvgIpc) is 2.62. The van der Waals surface area contributed by atoms with Crippen LogP contribution in [0, 0.1) is 0 Å². The fourth-order valence-corrected chi connectivity index (χ4v) is 4.92. The minimum Gasteiger partial charge on any atom is -0.372 e. The van der Waals surface area contributed by atoms with Gasteiger partial charge in [-0.15, -0.1) is 0 Å². The van der Waals surface area contributed by atoms with Crippen molar-refractivity contribution < 1.29 is 17.9 Å². The lowest BCUT2D eigenvalue weighted by molar-refractivity contribution is -0.0586. The lowest BCUT2D eigenvalue weighted by atomic mass is 10.1. The molecule has 0 saturated carbocycles. The summed E-state index contributed by atoms with van der Waals surface area (Å²) in [5.41, 5.74) is 0.793. The topological polar surface area (TPSA) is 75.7 Å². The highest BCUT2D eigenvalue weighted by atomic mass is 35.5. The van der Waals surface area contributed by atoms with Gasteiger partial charge in [0.1, 0.15) is 4.90 Å². The van der Waals surface area contributed by atoms with Gasteiger partial charge in [-0.1, -0.05) is 23.2 Å². The lowest BCUT2D eigenvalue weighted by Gasteiger charge is -2.35. The summed E-state index contributed by atoms with van der Waals surface area (Å²) >= 11 is 11.9. The van der Waals surface area contributed by atoms with Gasteiger partial charge in [0.05, 0.1) is 17.2 Å². The number of anilines is 1. The molecule has 1 aliphatic heterocycles. The van der Waals surface area contributed by atoms with Gasteiger partial charge in [-0.3, -0.25) is 9.52 Å². The summed E-state index contributed by atoms with van der Waals surface area (Å²) in [6.45, 7) is 4.89. The van der Waals surface area contributed by atoms with E-state index in [1.54, 1.807) is 17.0 Å². The third-order valence-corrected chi connectivity index (χ3v) is 6.37. The maximum Gasteiger partial charge on any atom is 0.263 e. The van der Waals surface area contributed by atoms with Gasteiger partial charge in [0.25, 0.3) is 15.9 Å². The van der Waals surface area contributed by atoms with Crippen LogP contribution >= 0.6 is 23.2 Å². The van der Waals surface area contributed by atoms with Crippen LogP contribution in [0.2, 0.25) is 10.0 Å². The molecule has 2 unspecified atom stereocenters. The van der Waals surface area contributed by atoms with Crippen molar-refractivity contribution in [3.05, 3.63) is 58.1 Å². The van der Waals surface area contributed by atoms with Gasteiger partial charge in [-0.05, 0) is 56.3 Å². The number of benzene rings is 2. The third-order valence-electron chi connectivity index (χ3n) is 4.27. The van der Waals surface area contributed by atoms with Crippen molar-refractivity contribution in [3.63, 3.8) is 0 Å². The molecular weight excluding hydrogens is 423 g/mol. The number of halogens is 2. The minimum atomic E-state index is -3.91. The maximum atomic E-state index is 12.7. The molecule has 3 rings (SSSR count). The number of nitrogens with zero attached hydrogens (tertiary/aromatic N) is 1. The van der Waals surface area contributed by atoms with Crippen LogP contribution in [-0.2, 0) is 14.8 Å². The average molecular weight is 443 g/mol. The molecule has 150 valence electrons. The second-order valence-corrected chi connectivity index (χ2v) is 9.22. The van der Waals surface area contributed by atoms with Gasteiger partial charge < -0.3 is 9.64 Å². The van der Waals surface area contributed by atoms with Crippen molar-refractivity contribution in [2.45, 2.75) is 31.0 Å². The minimum absolute atomic E-state index is 0.0266. The van der Waals surface area contributed by atoms with Gasteiger partial charge in [0, 0.05) is 29.4 Å². The molecule has 0 aliphatic carbocycles. The zero-order chi connectivity index (χ0) is 20.5.